The molecule has 1 aromatic heterocycles. The number of nitrogens with zero attached hydrogens (tertiary/aromatic N) is 2. The number of carbonyl (C=O) groups is 2. The third-order valence-electron chi connectivity index (χ3n) is 3.46. The number of fused-ring (bicyclic) bond motifs is 1. The molecule has 0 fully saturated rings. The maximum absolute atomic E-state index is 12.0. The van der Waals surface area contributed by atoms with E-state index >= 15 is 0 Å². The SMILES string of the molecule is O=C1CC(NC(=O)CCn2cccn2)c2ccccc2N1. The van der Waals surface area contributed by atoms with Crippen LogP contribution in [0.3, 0.4) is 0 Å². The van der Waals surface area contributed by atoms with Crippen LogP contribution in [0.25, 0.3) is 0 Å². The van der Waals surface area contributed by atoms with Gasteiger partial charge in [-0.05, 0) is 17.7 Å². The molecule has 2 heterocycles. The summed E-state index contributed by atoms with van der Waals surface area (Å²) in [6, 6.07) is 9.09. The number of nitrogens with one attached hydrogen (secondary N) is 2. The first-order chi connectivity index (χ1) is 10.2. The molecule has 2 amide bonds. The minimum absolute atomic E-state index is 0.0777. The fraction of sp³-hybridized carbons (Fsp3) is 0.267. The Morgan fingerprint density at radius 3 is 3.05 bits per heavy atom. The van der Waals surface area contributed by atoms with E-state index < -0.39 is 0 Å². The summed E-state index contributed by atoms with van der Waals surface area (Å²) in [6.45, 7) is 0.527. The summed E-state index contributed by atoms with van der Waals surface area (Å²) in [7, 11) is 0. The van der Waals surface area contributed by atoms with Crippen molar-refractivity contribution >= 4 is 17.5 Å². The number of benzene rings is 1. The molecule has 1 unspecified atom stereocenters. The van der Waals surface area contributed by atoms with Gasteiger partial charge in [0.1, 0.15) is 0 Å². The third kappa shape index (κ3) is 3.10. The predicted octanol–water partition coefficient (Wildman–Crippen LogP) is 1.47. The molecular weight excluding hydrogens is 268 g/mol. The molecule has 1 aromatic carbocycles. The van der Waals surface area contributed by atoms with Gasteiger partial charge in [0, 0.05) is 31.0 Å². The van der Waals surface area contributed by atoms with Crippen LogP contribution < -0.4 is 10.6 Å². The van der Waals surface area contributed by atoms with Gasteiger partial charge in [0.2, 0.25) is 11.8 Å². The summed E-state index contributed by atoms with van der Waals surface area (Å²) in [6.07, 6.45) is 4.10. The van der Waals surface area contributed by atoms with Crippen molar-refractivity contribution < 1.29 is 9.59 Å². The second-order valence-corrected chi connectivity index (χ2v) is 4.98. The van der Waals surface area contributed by atoms with Crippen LogP contribution in [0.5, 0.6) is 0 Å². The Hall–Kier alpha value is -2.63. The average molecular weight is 284 g/mol. The van der Waals surface area contributed by atoms with Crippen molar-refractivity contribution in [2.24, 2.45) is 0 Å². The molecule has 0 radical (unpaired) electrons. The van der Waals surface area contributed by atoms with Crippen molar-refractivity contribution in [1.29, 1.82) is 0 Å². The summed E-state index contributed by atoms with van der Waals surface area (Å²) < 4.78 is 1.71. The van der Waals surface area contributed by atoms with E-state index in [1.807, 2.05) is 36.5 Å². The van der Waals surface area contributed by atoms with Crippen LogP contribution in [-0.4, -0.2) is 21.6 Å². The van der Waals surface area contributed by atoms with Crippen LogP contribution in [-0.2, 0) is 16.1 Å². The first kappa shape index (κ1) is 13.4. The highest BCUT2D eigenvalue weighted by Gasteiger charge is 2.25. The molecule has 0 spiro atoms. The minimum atomic E-state index is -0.264. The smallest absolute Gasteiger partial charge is 0.226 e. The van der Waals surface area contributed by atoms with Crippen LogP contribution in [0.1, 0.15) is 24.4 Å². The Morgan fingerprint density at radius 2 is 2.24 bits per heavy atom. The number of rotatable bonds is 4. The van der Waals surface area contributed by atoms with Crippen molar-refractivity contribution in [3.8, 4) is 0 Å². The molecule has 0 saturated carbocycles. The maximum Gasteiger partial charge on any atom is 0.226 e. The Labute approximate surface area is 122 Å². The van der Waals surface area contributed by atoms with Crippen molar-refractivity contribution in [1.82, 2.24) is 15.1 Å². The van der Waals surface area contributed by atoms with E-state index in [4.69, 9.17) is 0 Å². The first-order valence-corrected chi connectivity index (χ1v) is 6.88. The maximum atomic E-state index is 12.0. The number of carbonyl (C=O) groups excluding carboxylic acids is 2. The molecule has 2 aromatic rings. The molecule has 3 rings (SSSR count). The second kappa shape index (κ2) is 5.78. The van der Waals surface area contributed by atoms with Crippen molar-refractivity contribution in [3.05, 3.63) is 48.3 Å². The van der Waals surface area contributed by atoms with Gasteiger partial charge in [-0.3, -0.25) is 14.3 Å². The van der Waals surface area contributed by atoms with Gasteiger partial charge in [-0.2, -0.15) is 5.10 Å². The van der Waals surface area contributed by atoms with E-state index in [0.717, 1.165) is 11.3 Å². The quantitative estimate of drug-likeness (QED) is 0.892. The van der Waals surface area contributed by atoms with E-state index in [1.165, 1.54) is 0 Å². The summed E-state index contributed by atoms with van der Waals surface area (Å²) in [4.78, 5) is 23.7. The van der Waals surface area contributed by atoms with Gasteiger partial charge in [-0.1, -0.05) is 18.2 Å². The van der Waals surface area contributed by atoms with Gasteiger partial charge in [0.25, 0.3) is 0 Å². The molecule has 108 valence electrons. The minimum Gasteiger partial charge on any atom is -0.349 e. The molecule has 21 heavy (non-hydrogen) atoms. The molecule has 0 bridgehead atoms. The molecule has 1 aliphatic rings. The normalized spacial score (nSPS) is 17.0. The van der Waals surface area contributed by atoms with E-state index in [1.54, 1.807) is 10.9 Å². The average Bonchev–Trinajstić information content (AvgIpc) is 2.98. The van der Waals surface area contributed by atoms with Gasteiger partial charge < -0.3 is 10.6 Å². The van der Waals surface area contributed by atoms with Crippen LogP contribution in [0.15, 0.2) is 42.7 Å². The van der Waals surface area contributed by atoms with Gasteiger partial charge in [0.05, 0.1) is 12.5 Å². The summed E-state index contributed by atoms with van der Waals surface area (Å²) in [5, 5.41) is 9.80. The third-order valence-corrected chi connectivity index (χ3v) is 3.46. The number of aromatic nitrogens is 2. The van der Waals surface area contributed by atoms with E-state index in [-0.39, 0.29) is 24.3 Å². The molecule has 0 aliphatic carbocycles. The molecule has 0 saturated heterocycles. The van der Waals surface area contributed by atoms with E-state index in [9.17, 15) is 9.59 Å². The summed E-state index contributed by atoms with van der Waals surface area (Å²) in [5.74, 6) is -0.161. The van der Waals surface area contributed by atoms with Gasteiger partial charge in [0.15, 0.2) is 0 Å². The Morgan fingerprint density at radius 1 is 1.38 bits per heavy atom. The summed E-state index contributed by atoms with van der Waals surface area (Å²) >= 11 is 0. The highest BCUT2D eigenvalue weighted by atomic mass is 16.2. The highest BCUT2D eigenvalue weighted by Crippen LogP contribution is 2.29. The van der Waals surface area contributed by atoms with Crippen LogP contribution >= 0.6 is 0 Å². The fourth-order valence-corrected chi connectivity index (χ4v) is 2.46. The largest absolute Gasteiger partial charge is 0.349 e. The Balaban J connectivity index is 1.64. The first-order valence-electron chi connectivity index (χ1n) is 6.88. The number of aryl methyl sites for hydroxylation is 1. The number of amides is 2. The summed E-state index contributed by atoms with van der Waals surface area (Å²) in [5.41, 5.74) is 1.72. The van der Waals surface area contributed by atoms with Crippen LogP contribution in [0.4, 0.5) is 5.69 Å². The zero-order valence-electron chi connectivity index (χ0n) is 11.5. The van der Waals surface area contributed by atoms with Gasteiger partial charge in [-0.15, -0.1) is 0 Å². The zero-order chi connectivity index (χ0) is 14.7. The highest BCUT2D eigenvalue weighted by molar-refractivity contribution is 5.95. The fourth-order valence-electron chi connectivity index (χ4n) is 2.46. The number of para-hydroxylation sites is 1. The standard InChI is InChI=1S/C15H16N4O2/c20-14(6-9-19-8-3-7-16-19)18-13-10-15(21)17-12-5-2-1-4-11(12)13/h1-5,7-8,13H,6,9-10H2,(H,17,21)(H,18,20). The topological polar surface area (TPSA) is 76.0 Å². The monoisotopic (exact) mass is 284 g/mol. The molecule has 1 atom stereocenters. The van der Waals surface area contributed by atoms with Crippen molar-refractivity contribution in [3.63, 3.8) is 0 Å². The lowest BCUT2D eigenvalue weighted by atomic mass is 9.97. The van der Waals surface area contributed by atoms with Crippen LogP contribution in [0.2, 0.25) is 0 Å². The Kier molecular flexibility index (Phi) is 3.68. The molecule has 2 N–H and O–H groups in total. The van der Waals surface area contributed by atoms with E-state index in [2.05, 4.69) is 15.7 Å². The van der Waals surface area contributed by atoms with E-state index in [0.29, 0.717) is 13.0 Å². The van der Waals surface area contributed by atoms with Gasteiger partial charge in [-0.25, -0.2) is 0 Å². The Bertz CT molecular complexity index is 651. The van der Waals surface area contributed by atoms with Crippen molar-refractivity contribution in [2.75, 3.05) is 5.32 Å². The molecule has 6 nitrogen and oxygen atoms in total. The lowest BCUT2D eigenvalue weighted by molar-refractivity contribution is -0.122. The number of hydrogen-bond acceptors (Lipinski definition) is 3. The van der Waals surface area contributed by atoms with Gasteiger partial charge >= 0.3 is 0 Å². The number of hydrogen-bond donors (Lipinski definition) is 2. The molecular formula is C15H16N4O2. The molecule has 1 aliphatic heterocycles. The zero-order valence-corrected chi connectivity index (χ0v) is 11.5. The lowest BCUT2D eigenvalue weighted by Gasteiger charge is -2.26. The lowest BCUT2D eigenvalue weighted by Crippen LogP contribution is -2.35. The van der Waals surface area contributed by atoms with Crippen LogP contribution in [0, 0.1) is 0 Å². The molecule has 6 heteroatoms. The number of anilines is 1. The second-order valence-electron chi connectivity index (χ2n) is 4.98. The predicted molar refractivity (Wildman–Crippen MR) is 77.4 cm³/mol. The van der Waals surface area contributed by atoms with Crippen molar-refractivity contribution in [2.45, 2.75) is 25.4 Å².